The number of nitrogens with zero attached hydrogens (tertiary/aromatic N) is 2. The summed E-state index contributed by atoms with van der Waals surface area (Å²) in [5, 5.41) is 5.93. The number of urea groups is 1. The summed E-state index contributed by atoms with van der Waals surface area (Å²) in [6, 6.07) is 8.31. The van der Waals surface area contributed by atoms with E-state index < -0.39 is 0 Å². The lowest BCUT2D eigenvalue weighted by Gasteiger charge is -2.29. The molecule has 0 bridgehead atoms. The van der Waals surface area contributed by atoms with E-state index in [1.165, 1.54) is 11.1 Å². The fourth-order valence-electron chi connectivity index (χ4n) is 3.65. The molecular weight excluding hydrogens is 304 g/mol. The molecule has 0 aromatic heterocycles. The van der Waals surface area contributed by atoms with Crippen molar-refractivity contribution in [3.63, 3.8) is 0 Å². The molecule has 130 valence electrons. The molecule has 2 N–H and O–H groups in total. The Balaban J connectivity index is 1.50. The van der Waals surface area contributed by atoms with E-state index in [0.717, 1.165) is 32.4 Å². The van der Waals surface area contributed by atoms with Crippen molar-refractivity contribution in [2.24, 2.45) is 0 Å². The Labute approximate surface area is 143 Å². The largest absolute Gasteiger partial charge is 0.337 e. The summed E-state index contributed by atoms with van der Waals surface area (Å²) < 4.78 is 0. The Morgan fingerprint density at radius 1 is 1.21 bits per heavy atom. The van der Waals surface area contributed by atoms with Gasteiger partial charge in [0.05, 0.1) is 6.54 Å². The second-order valence-corrected chi connectivity index (χ2v) is 6.54. The van der Waals surface area contributed by atoms with Crippen LogP contribution in [0.1, 0.15) is 24.0 Å². The summed E-state index contributed by atoms with van der Waals surface area (Å²) in [5.74, 6) is 0.0125. The molecule has 1 aromatic rings. The molecule has 0 saturated carbocycles. The van der Waals surface area contributed by atoms with Crippen molar-refractivity contribution in [2.75, 3.05) is 33.2 Å². The molecule has 24 heavy (non-hydrogen) atoms. The maximum atomic E-state index is 12.4. The average molecular weight is 330 g/mol. The van der Waals surface area contributed by atoms with Gasteiger partial charge >= 0.3 is 6.03 Å². The number of nitrogens with one attached hydrogen (secondary N) is 2. The molecule has 2 aliphatic rings. The minimum absolute atomic E-state index is 0.0125. The van der Waals surface area contributed by atoms with E-state index in [0.29, 0.717) is 13.1 Å². The highest BCUT2D eigenvalue weighted by atomic mass is 16.2. The zero-order valence-electron chi connectivity index (χ0n) is 14.3. The lowest BCUT2D eigenvalue weighted by Crippen LogP contribution is -2.49. The molecule has 1 atom stereocenters. The number of hydrogen-bond acceptors (Lipinski definition) is 3. The number of fused-ring (bicyclic) bond motifs is 1. The maximum absolute atomic E-state index is 12.4. The minimum Gasteiger partial charge on any atom is -0.337 e. The summed E-state index contributed by atoms with van der Waals surface area (Å²) >= 11 is 0. The molecule has 1 fully saturated rings. The molecule has 2 aliphatic heterocycles. The molecule has 3 amide bonds. The van der Waals surface area contributed by atoms with Crippen LogP contribution in [0.4, 0.5) is 4.79 Å². The van der Waals surface area contributed by atoms with Crippen LogP contribution < -0.4 is 10.6 Å². The minimum atomic E-state index is -0.151. The molecular formula is C18H26N4O2. The molecule has 0 spiro atoms. The van der Waals surface area contributed by atoms with Crippen LogP contribution >= 0.6 is 0 Å². The molecule has 6 nitrogen and oxygen atoms in total. The Morgan fingerprint density at radius 2 is 2.00 bits per heavy atom. The van der Waals surface area contributed by atoms with Crippen LogP contribution in [0, 0.1) is 0 Å². The second-order valence-electron chi connectivity index (χ2n) is 6.54. The van der Waals surface area contributed by atoms with Crippen molar-refractivity contribution < 1.29 is 9.59 Å². The monoisotopic (exact) mass is 330 g/mol. The van der Waals surface area contributed by atoms with E-state index >= 15 is 0 Å². The number of hydrogen-bond donors (Lipinski definition) is 2. The van der Waals surface area contributed by atoms with Gasteiger partial charge in [0.25, 0.3) is 0 Å². The lowest BCUT2D eigenvalue weighted by molar-refractivity contribution is -0.130. The van der Waals surface area contributed by atoms with E-state index in [1.54, 1.807) is 4.90 Å². The van der Waals surface area contributed by atoms with Gasteiger partial charge in [-0.2, -0.15) is 0 Å². The van der Waals surface area contributed by atoms with Crippen molar-refractivity contribution >= 4 is 11.9 Å². The van der Waals surface area contributed by atoms with Gasteiger partial charge in [0.15, 0.2) is 0 Å². The summed E-state index contributed by atoms with van der Waals surface area (Å²) in [5.41, 5.74) is 2.50. The molecule has 3 rings (SSSR count). The Morgan fingerprint density at radius 3 is 2.79 bits per heavy atom. The average Bonchev–Trinajstić information content (AvgIpc) is 3.07. The van der Waals surface area contributed by atoms with E-state index in [-0.39, 0.29) is 24.5 Å². The van der Waals surface area contributed by atoms with Crippen LogP contribution in [-0.2, 0) is 17.8 Å². The van der Waals surface area contributed by atoms with Crippen LogP contribution in [0.2, 0.25) is 0 Å². The molecule has 1 unspecified atom stereocenters. The van der Waals surface area contributed by atoms with Crippen molar-refractivity contribution in [3.8, 4) is 0 Å². The number of amides is 3. The van der Waals surface area contributed by atoms with E-state index in [2.05, 4.69) is 22.8 Å². The standard InChI is InChI=1S/C18H26N4O2/c1-19-11-16-7-4-9-22(16)17(23)12-20-18(24)21-10-8-14-5-2-3-6-15(14)13-21/h2-3,5-6,16,19H,4,7-13H2,1H3,(H,20,24). The highest BCUT2D eigenvalue weighted by molar-refractivity contribution is 5.84. The third-order valence-corrected chi connectivity index (χ3v) is 4.95. The Bertz CT molecular complexity index is 604. The number of carbonyl (C=O) groups excluding carboxylic acids is 2. The highest BCUT2D eigenvalue weighted by Crippen LogP contribution is 2.19. The molecule has 1 saturated heterocycles. The maximum Gasteiger partial charge on any atom is 0.318 e. The Kier molecular flexibility index (Phi) is 5.35. The third-order valence-electron chi connectivity index (χ3n) is 4.95. The number of carbonyl (C=O) groups is 2. The summed E-state index contributed by atoms with van der Waals surface area (Å²) in [7, 11) is 1.90. The first kappa shape index (κ1) is 16.8. The van der Waals surface area contributed by atoms with Crippen molar-refractivity contribution in [2.45, 2.75) is 31.8 Å². The van der Waals surface area contributed by atoms with Gasteiger partial charge in [-0.05, 0) is 37.4 Å². The van der Waals surface area contributed by atoms with Crippen LogP contribution in [0.3, 0.4) is 0 Å². The van der Waals surface area contributed by atoms with E-state index in [9.17, 15) is 9.59 Å². The Hall–Kier alpha value is -2.08. The highest BCUT2D eigenvalue weighted by Gasteiger charge is 2.28. The van der Waals surface area contributed by atoms with Gasteiger partial charge in [-0.25, -0.2) is 4.79 Å². The normalized spacial score (nSPS) is 20.0. The SMILES string of the molecule is CNCC1CCCN1C(=O)CNC(=O)N1CCc2ccccc2C1. The van der Waals surface area contributed by atoms with E-state index in [1.807, 2.05) is 24.1 Å². The third kappa shape index (κ3) is 3.70. The van der Waals surface area contributed by atoms with Crippen LogP contribution in [0.15, 0.2) is 24.3 Å². The molecule has 2 heterocycles. The first-order chi connectivity index (χ1) is 11.7. The van der Waals surface area contributed by atoms with Gasteiger partial charge in [0.1, 0.15) is 0 Å². The van der Waals surface area contributed by atoms with Crippen LogP contribution in [0.25, 0.3) is 0 Å². The summed E-state index contributed by atoms with van der Waals surface area (Å²) in [6.45, 7) is 2.99. The number of likely N-dealkylation sites (tertiary alicyclic amines) is 1. The molecule has 0 radical (unpaired) electrons. The van der Waals surface area contributed by atoms with Crippen molar-refractivity contribution in [1.29, 1.82) is 0 Å². The summed E-state index contributed by atoms with van der Waals surface area (Å²) in [4.78, 5) is 28.4. The van der Waals surface area contributed by atoms with Crippen molar-refractivity contribution in [1.82, 2.24) is 20.4 Å². The van der Waals surface area contributed by atoms with Gasteiger partial charge in [-0.15, -0.1) is 0 Å². The van der Waals surface area contributed by atoms with Gasteiger partial charge in [-0.1, -0.05) is 24.3 Å². The smallest absolute Gasteiger partial charge is 0.318 e. The fraction of sp³-hybridized carbons (Fsp3) is 0.556. The van der Waals surface area contributed by atoms with E-state index in [4.69, 9.17) is 0 Å². The molecule has 1 aromatic carbocycles. The van der Waals surface area contributed by atoms with Crippen LogP contribution in [0.5, 0.6) is 0 Å². The quantitative estimate of drug-likeness (QED) is 0.864. The first-order valence-electron chi connectivity index (χ1n) is 8.72. The molecule has 0 aliphatic carbocycles. The zero-order chi connectivity index (χ0) is 16.9. The number of likely N-dealkylation sites (N-methyl/N-ethyl adjacent to an activating group) is 1. The topological polar surface area (TPSA) is 64.7 Å². The number of benzene rings is 1. The number of rotatable bonds is 4. The second kappa shape index (κ2) is 7.66. The van der Waals surface area contributed by atoms with Crippen molar-refractivity contribution in [3.05, 3.63) is 35.4 Å². The predicted molar refractivity (Wildman–Crippen MR) is 92.6 cm³/mol. The predicted octanol–water partition coefficient (Wildman–Crippen LogP) is 0.965. The summed E-state index contributed by atoms with van der Waals surface area (Å²) in [6.07, 6.45) is 2.94. The zero-order valence-corrected chi connectivity index (χ0v) is 14.3. The van der Waals surface area contributed by atoms with Gasteiger partial charge in [-0.3, -0.25) is 4.79 Å². The lowest BCUT2D eigenvalue weighted by atomic mass is 10.0. The fourth-order valence-corrected chi connectivity index (χ4v) is 3.65. The van der Waals surface area contributed by atoms with Gasteiger partial charge in [0.2, 0.25) is 5.91 Å². The first-order valence-corrected chi connectivity index (χ1v) is 8.72. The van der Waals surface area contributed by atoms with Crippen LogP contribution in [-0.4, -0.2) is 61.0 Å². The van der Waals surface area contributed by atoms with Gasteiger partial charge < -0.3 is 20.4 Å². The molecule has 6 heteroatoms. The van der Waals surface area contributed by atoms with Gasteiger partial charge in [0, 0.05) is 32.2 Å².